The third kappa shape index (κ3) is 5.17. The predicted octanol–water partition coefficient (Wildman–Crippen LogP) is -0.599. The Morgan fingerprint density at radius 1 is 1.69 bits per heavy atom. The number of rotatable bonds is 6. The van der Waals surface area contributed by atoms with E-state index in [-0.39, 0.29) is 26.2 Å². The predicted molar refractivity (Wildman–Crippen MR) is 45.4 cm³/mol. The summed E-state index contributed by atoms with van der Waals surface area (Å²) in [5.74, 6) is -0.893. The second-order valence-corrected chi connectivity index (χ2v) is 2.52. The number of esters is 1. The molecule has 0 radical (unpaired) electrons. The summed E-state index contributed by atoms with van der Waals surface area (Å²) in [6.45, 7) is 0.165. The first-order chi connectivity index (χ1) is 6.26. The number of ether oxygens (including phenoxy) is 1. The monoisotopic (exact) mass is 186 g/mol. The van der Waals surface area contributed by atoms with Crippen molar-refractivity contribution in [2.75, 3.05) is 19.8 Å². The average molecular weight is 186 g/mol. The molecule has 0 spiro atoms. The van der Waals surface area contributed by atoms with Crippen LogP contribution in [0.25, 0.3) is 0 Å². The number of carbonyl (C=O) groups is 1. The Hall–Kier alpha value is -1.12. The van der Waals surface area contributed by atoms with Gasteiger partial charge in [-0.3, -0.25) is 4.79 Å². The van der Waals surface area contributed by atoms with Crippen molar-refractivity contribution in [2.45, 2.75) is 12.8 Å². The Morgan fingerprint density at radius 3 is 2.85 bits per heavy atom. The third-order valence-corrected chi connectivity index (χ3v) is 1.55. The average Bonchev–Trinajstić information content (AvgIpc) is 2.14. The Labute approximate surface area is 77.1 Å². The molecule has 74 valence electrons. The van der Waals surface area contributed by atoms with Crippen molar-refractivity contribution < 1.29 is 14.6 Å². The molecule has 0 fully saturated rings. The first kappa shape index (κ1) is 11.9. The van der Waals surface area contributed by atoms with Gasteiger partial charge in [-0.15, -0.1) is 0 Å². The number of nitrogens with two attached hydrogens (primary N) is 1. The van der Waals surface area contributed by atoms with Gasteiger partial charge < -0.3 is 15.6 Å². The molecule has 0 aliphatic rings. The van der Waals surface area contributed by atoms with E-state index in [0.717, 1.165) is 0 Å². The summed E-state index contributed by atoms with van der Waals surface area (Å²) in [6, 6.07) is 1.85. The lowest BCUT2D eigenvalue weighted by atomic mass is 10.1. The van der Waals surface area contributed by atoms with E-state index in [4.69, 9.17) is 20.8 Å². The van der Waals surface area contributed by atoms with Crippen LogP contribution in [0.4, 0.5) is 0 Å². The highest BCUT2D eigenvalue weighted by Gasteiger charge is 2.17. The fourth-order valence-electron chi connectivity index (χ4n) is 0.803. The molecular weight excluding hydrogens is 172 g/mol. The van der Waals surface area contributed by atoms with Gasteiger partial charge in [0.25, 0.3) is 0 Å². The van der Waals surface area contributed by atoms with E-state index < -0.39 is 11.9 Å². The number of nitrogens with zero attached hydrogens (tertiary/aromatic N) is 1. The molecule has 13 heavy (non-hydrogen) atoms. The molecule has 3 N–H and O–H groups in total. The molecule has 0 saturated carbocycles. The molecule has 1 atom stereocenters. The number of nitriles is 1. The summed E-state index contributed by atoms with van der Waals surface area (Å²) in [7, 11) is 0. The smallest absolute Gasteiger partial charge is 0.310 e. The van der Waals surface area contributed by atoms with E-state index in [1.54, 1.807) is 0 Å². The molecule has 5 heteroatoms. The highest BCUT2D eigenvalue weighted by Crippen LogP contribution is 2.03. The summed E-state index contributed by atoms with van der Waals surface area (Å²) < 4.78 is 4.74. The molecule has 0 saturated heterocycles. The molecule has 0 bridgehead atoms. The number of aliphatic hydroxyl groups excluding tert-OH is 1. The second kappa shape index (κ2) is 7.53. The highest BCUT2D eigenvalue weighted by atomic mass is 16.5. The number of aliphatic hydroxyl groups is 1. The van der Waals surface area contributed by atoms with Crippen molar-refractivity contribution >= 4 is 5.97 Å². The van der Waals surface area contributed by atoms with Crippen molar-refractivity contribution in [3.8, 4) is 6.07 Å². The molecule has 0 aliphatic heterocycles. The van der Waals surface area contributed by atoms with Crippen LogP contribution in [0.1, 0.15) is 12.8 Å². The Bertz CT molecular complexity index is 188. The van der Waals surface area contributed by atoms with Gasteiger partial charge in [0, 0.05) is 13.2 Å². The minimum atomic E-state index is -0.455. The molecule has 0 amide bonds. The normalized spacial score (nSPS) is 11.8. The van der Waals surface area contributed by atoms with Gasteiger partial charge in [0.15, 0.2) is 0 Å². The van der Waals surface area contributed by atoms with E-state index in [2.05, 4.69) is 0 Å². The van der Waals surface area contributed by atoms with Gasteiger partial charge in [-0.25, -0.2) is 0 Å². The minimum absolute atomic E-state index is 0.0881. The van der Waals surface area contributed by atoms with Gasteiger partial charge in [0.2, 0.25) is 0 Å². The number of carbonyl (C=O) groups excluding carboxylic acids is 1. The molecular formula is C8H14N2O3. The van der Waals surface area contributed by atoms with Crippen LogP contribution in [-0.4, -0.2) is 30.8 Å². The van der Waals surface area contributed by atoms with E-state index >= 15 is 0 Å². The lowest BCUT2D eigenvalue weighted by Crippen LogP contribution is -2.26. The van der Waals surface area contributed by atoms with E-state index in [1.165, 1.54) is 0 Å². The lowest BCUT2D eigenvalue weighted by Gasteiger charge is -2.11. The maximum Gasteiger partial charge on any atom is 0.310 e. The zero-order chi connectivity index (χ0) is 10.1. The maximum atomic E-state index is 11.1. The van der Waals surface area contributed by atoms with Crippen molar-refractivity contribution in [3.63, 3.8) is 0 Å². The summed E-state index contributed by atoms with van der Waals surface area (Å²) in [4.78, 5) is 11.1. The summed E-state index contributed by atoms with van der Waals surface area (Å²) in [6.07, 6.45) is 0.490. The lowest BCUT2D eigenvalue weighted by molar-refractivity contribution is -0.148. The quantitative estimate of drug-likeness (QED) is 0.426. The first-order valence-corrected chi connectivity index (χ1v) is 4.10. The summed E-state index contributed by atoms with van der Waals surface area (Å²) in [5, 5.41) is 16.7. The molecule has 0 aromatic heterocycles. The highest BCUT2D eigenvalue weighted by molar-refractivity contribution is 5.72. The van der Waals surface area contributed by atoms with E-state index in [1.807, 2.05) is 6.07 Å². The molecule has 0 aromatic carbocycles. The van der Waals surface area contributed by atoms with Gasteiger partial charge in [-0.05, 0) is 6.42 Å². The summed E-state index contributed by atoms with van der Waals surface area (Å²) >= 11 is 0. The first-order valence-electron chi connectivity index (χ1n) is 4.10. The molecule has 1 unspecified atom stereocenters. The van der Waals surface area contributed by atoms with E-state index in [9.17, 15) is 4.79 Å². The van der Waals surface area contributed by atoms with Crippen LogP contribution in [0.2, 0.25) is 0 Å². The Morgan fingerprint density at radius 2 is 2.38 bits per heavy atom. The zero-order valence-electron chi connectivity index (χ0n) is 7.40. The number of hydrogen-bond acceptors (Lipinski definition) is 5. The molecule has 0 heterocycles. The molecule has 5 nitrogen and oxygen atoms in total. The van der Waals surface area contributed by atoms with Crippen LogP contribution in [0, 0.1) is 17.2 Å². The van der Waals surface area contributed by atoms with Crippen LogP contribution in [-0.2, 0) is 9.53 Å². The Balaban J connectivity index is 3.72. The van der Waals surface area contributed by atoms with Gasteiger partial charge in [0.05, 0.1) is 18.4 Å². The van der Waals surface area contributed by atoms with Gasteiger partial charge in [0.1, 0.15) is 6.61 Å². The third-order valence-electron chi connectivity index (χ3n) is 1.55. The largest absolute Gasteiger partial charge is 0.464 e. The van der Waals surface area contributed by atoms with Crippen LogP contribution < -0.4 is 5.73 Å². The second-order valence-electron chi connectivity index (χ2n) is 2.52. The number of hydrogen-bond donors (Lipinski definition) is 2. The maximum absolute atomic E-state index is 11.1. The van der Waals surface area contributed by atoms with Crippen molar-refractivity contribution in [3.05, 3.63) is 0 Å². The van der Waals surface area contributed by atoms with Crippen LogP contribution in [0.15, 0.2) is 0 Å². The van der Waals surface area contributed by atoms with Gasteiger partial charge in [-0.2, -0.15) is 5.26 Å². The van der Waals surface area contributed by atoms with Crippen LogP contribution in [0.3, 0.4) is 0 Å². The van der Waals surface area contributed by atoms with Crippen molar-refractivity contribution in [1.82, 2.24) is 0 Å². The van der Waals surface area contributed by atoms with Crippen LogP contribution in [0.5, 0.6) is 0 Å². The minimum Gasteiger partial charge on any atom is -0.464 e. The van der Waals surface area contributed by atoms with Crippen LogP contribution >= 0.6 is 0 Å². The SMILES string of the molecule is N#CCCOC(=O)C(CN)CCO. The van der Waals surface area contributed by atoms with Gasteiger partial charge in [-0.1, -0.05) is 0 Å². The van der Waals surface area contributed by atoms with E-state index in [0.29, 0.717) is 6.42 Å². The standard InChI is InChI=1S/C8H14N2O3/c9-3-1-5-13-8(12)7(6-10)2-4-11/h7,11H,1-2,4-6,10H2. The molecule has 0 aliphatic carbocycles. The Kier molecular flexibility index (Phi) is 6.88. The topological polar surface area (TPSA) is 96.3 Å². The zero-order valence-corrected chi connectivity index (χ0v) is 7.40. The van der Waals surface area contributed by atoms with Crippen molar-refractivity contribution in [2.24, 2.45) is 11.7 Å². The fourth-order valence-corrected chi connectivity index (χ4v) is 0.803. The fraction of sp³-hybridized carbons (Fsp3) is 0.750. The van der Waals surface area contributed by atoms with Crippen molar-refractivity contribution in [1.29, 1.82) is 5.26 Å². The molecule has 0 aromatic rings. The molecule has 0 rings (SSSR count). The summed E-state index contributed by atoms with van der Waals surface area (Å²) in [5.41, 5.74) is 5.29. The van der Waals surface area contributed by atoms with Gasteiger partial charge >= 0.3 is 5.97 Å².